The van der Waals surface area contributed by atoms with E-state index in [4.69, 9.17) is 14.9 Å². The lowest BCUT2D eigenvalue weighted by molar-refractivity contribution is -0.139. The molecule has 0 fully saturated rings. The van der Waals surface area contributed by atoms with E-state index in [1.54, 1.807) is 25.3 Å². The summed E-state index contributed by atoms with van der Waals surface area (Å²) >= 11 is 0. The van der Waals surface area contributed by atoms with Gasteiger partial charge >= 0.3 is 12.0 Å². The number of hydrogen-bond donors (Lipinski definition) is 4. The Morgan fingerprint density at radius 3 is 2.60 bits per heavy atom. The number of rotatable bonds is 6. The smallest absolute Gasteiger partial charge is 0.326 e. The second kappa shape index (κ2) is 7.34. The molecular formula is C13H18N2O5. The second-order valence-electron chi connectivity index (χ2n) is 4.19. The number of carbonyl (C=O) groups is 2. The van der Waals surface area contributed by atoms with Crippen molar-refractivity contribution in [3.05, 3.63) is 23.8 Å². The molecule has 20 heavy (non-hydrogen) atoms. The molecule has 0 aromatic heterocycles. The number of amides is 2. The number of nitrogens with one attached hydrogen (secondary N) is 2. The molecule has 1 atom stereocenters. The largest absolute Gasteiger partial charge is 0.496 e. The van der Waals surface area contributed by atoms with Crippen LogP contribution in [0.3, 0.4) is 0 Å². The van der Waals surface area contributed by atoms with Crippen LogP contribution in [0.25, 0.3) is 0 Å². The van der Waals surface area contributed by atoms with Gasteiger partial charge in [0, 0.05) is 18.7 Å². The van der Waals surface area contributed by atoms with Crippen LogP contribution in [-0.4, -0.2) is 42.0 Å². The molecule has 7 nitrogen and oxygen atoms in total. The fourth-order valence-corrected chi connectivity index (χ4v) is 1.67. The van der Waals surface area contributed by atoms with Gasteiger partial charge in [-0.1, -0.05) is 0 Å². The monoisotopic (exact) mass is 282 g/mol. The molecule has 7 heteroatoms. The molecule has 0 aliphatic rings. The van der Waals surface area contributed by atoms with Crippen molar-refractivity contribution in [2.45, 2.75) is 19.4 Å². The van der Waals surface area contributed by atoms with Crippen LogP contribution in [0.4, 0.5) is 10.5 Å². The Morgan fingerprint density at radius 1 is 1.40 bits per heavy atom. The summed E-state index contributed by atoms with van der Waals surface area (Å²) in [6.45, 7) is 1.51. The van der Waals surface area contributed by atoms with Crippen LogP contribution in [0.15, 0.2) is 18.2 Å². The molecule has 110 valence electrons. The third kappa shape index (κ3) is 4.43. The van der Waals surface area contributed by atoms with E-state index in [9.17, 15) is 9.59 Å². The minimum Gasteiger partial charge on any atom is -0.496 e. The average Bonchev–Trinajstić information content (AvgIpc) is 2.38. The van der Waals surface area contributed by atoms with Crippen LogP contribution in [0.2, 0.25) is 0 Å². The standard InChI is InChI=1S/C13H18N2O5/c1-8-7-9(3-4-11(8)20-2)14-13(19)15-10(5-6-16)12(17)18/h3-4,7,10,16H,5-6H2,1-2H3,(H,17,18)(H2,14,15,19)/t10-/m0/s1. The summed E-state index contributed by atoms with van der Waals surface area (Å²) in [6, 6.07) is 3.29. The van der Waals surface area contributed by atoms with Crippen molar-refractivity contribution in [1.82, 2.24) is 5.32 Å². The van der Waals surface area contributed by atoms with Gasteiger partial charge in [-0.05, 0) is 30.7 Å². The van der Waals surface area contributed by atoms with E-state index in [0.29, 0.717) is 11.4 Å². The summed E-state index contributed by atoms with van der Waals surface area (Å²) in [5, 5.41) is 22.4. The van der Waals surface area contributed by atoms with Gasteiger partial charge in [0.1, 0.15) is 11.8 Å². The van der Waals surface area contributed by atoms with E-state index in [2.05, 4.69) is 10.6 Å². The summed E-state index contributed by atoms with van der Waals surface area (Å²) in [6.07, 6.45) is -0.0512. The van der Waals surface area contributed by atoms with E-state index in [0.717, 1.165) is 5.56 Å². The van der Waals surface area contributed by atoms with E-state index >= 15 is 0 Å². The van der Waals surface area contributed by atoms with Crippen molar-refractivity contribution in [1.29, 1.82) is 0 Å². The topological polar surface area (TPSA) is 108 Å². The van der Waals surface area contributed by atoms with Gasteiger partial charge in [-0.15, -0.1) is 0 Å². The second-order valence-corrected chi connectivity index (χ2v) is 4.19. The minimum absolute atomic E-state index is 0.0512. The number of aryl methyl sites for hydroxylation is 1. The van der Waals surface area contributed by atoms with Crippen LogP contribution in [0.5, 0.6) is 5.75 Å². The first-order chi connectivity index (χ1) is 9.47. The van der Waals surface area contributed by atoms with Crippen LogP contribution >= 0.6 is 0 Å². The van der Waals surface area contributed by atoms with Crippen molar-refractivity contribution in [2.24, 2.45) is 0 Å². The zero-order valence-corrected chi connectivity index (χ0v) is 11.3. The van der Waals surface area contributed by atoms with Crippen molar-refractivity contribution < 1.29 is 24.5 Å². The lowest BCUT2D eigenvalue weighted by atomic mass is 10.2. The van der Waals surface area contributed by atoms with Crippen molar-refractivity contribution in [3.63, 3.8) is 0 Å². The van der Waals surface area contributed by atoms with Gasteiger partial charge in [-0.3, -0.25) is 0 Å². The first kappa shape index (κ1) is 15.8. The Bertz CT molecular complexity index is 490. The summed E-state index contributed by atoms with van der Waals surface area (Å²) < 4.78 is 5.10. The lowest BCUT2D eigenvalue weighted by Gasteiger charge is -2.14. The molecule has 0 saturated heterocycles. The van der Waals surface area contributed by atoms with Gasteiger partial charge < -0.3 is 25.6 Å². The van der Waals surface area contributed by atoms with E-state index in [1.807, 2.05) is 6.92 Å². The summed E-state index contributed by atoms with van der Waals surface area (Å²) in [5.41, 5.74) is 1.37. The van der Waals surface area contributed by atoms with Gasteiger partial charge in [0.2, 0.25) is 0 Å². The number of aliphatic hydroxyl groups excluding tert-OH is 1. The highest BCUT2D eigenvalue weighted by molar-refractivity contribution is 5.92. The molecular weight excluding hydrogens is 264 g/mol. The van der Waals surface area contributed by atoms with Crippen LogP contribution in [0, 0.1) is 6.92 Å². The van der Waals surface area contributed by atoms with E-state index in [-0.39, 0.29) is 13.0 Å². The molecule has 1 rings (SSSR count). The Kier molecular flexibility index (Phi) is 5.79. The van der Waals surface area contributed by atoms with Crippen LogP contribution in [0.1, 0.15) is 12.0 Å². The molecule has 1 aromatic carbocycles. The summed E-state index contributed by atoms with van der Waals surface area (Å²) in [4.78, 5) is 22.5. The van der Waals surface area contributed by atoms with Gasteiger partial charge in [-0.25, -0.2) is 9.59 Å². The van der Waals surface area contributed by atoms with Crippen LogP contribution in [-0.2, 0) is 4.79 Å². The number of aliphatic carboxylic acids is 1. The zero-order chi connectivity index (χ0) is 15.1. The minimum atomic E-state index is -1.19. The number of carbonyl (C=O) groups excluding carboxylic acids is 1. The fourth-order valence-electron chi connectivity index (χ4n) is 1.67. The average molecular weight is 282 g/mol. The third-order valence-corrected chi connectivity index (χ3v) is 2.67. The number of carboxylic acids is 1. The number of methoxy groups -OCH3 is 1. The number of ether oxygens (including phenoxy) is 1. The summed E-state index contributed by atoms with van der Waals surface area (Å²) in [7, 11) is 1.55. The normalized spacial score (nSPS) is 11.6. The Morgan fingerprint density at radius 2 is 2.10 bits per heavy atom. The van der Waals surface area contributed by atoms with E-state index < -0.39 is 18.0 Å². The Hall–Kier alpha value is -2.28. The molecule has 0 spiro atoms. The maximum absolute atomic E-state index is 11.7. The third-order valence-electron chi connectivity index (χ3n) is 2.67. The van der Waals surface area contributed by atoms with Crippen molar-refractivity contribution in [3.8, 4) is 5.75 Å². The molecule has 0 heterocycles. The lowest BCUT2D eigenvalue weighted by Crippen LogP contribution is -2.43. The Labute approximate surface area is 116 Å². The van der Waals surface area contributed by atoms with Crippen molar-refractivity contribution >= 4 is 17.7 Å². The quantitative estimate of drug-likeness (QED) is 0.621. The number of hydrogen-bond acceptors (Lipinski definition) is 4. The highest BCUT2D eigenvalue weighted by atomic mass is 16.5. The van der Waals surface area contributed by atoms with E-state index in [1.165, 1.54) is 0 Å². The van der Waals surface area contributed by atoms with Gasteiger partial charge in [0.05, 0.1) is 7.11 Å². The molecule has 2 amide bonds. The van der Waals surface area contributed by atoms with Crippen LogP contribution < -0.4 is 15.4 Å². The first-order valence-corrected chi connectivity index (χ1v) is 6.03. The number of urea groups is 1. The van der Waals surface area contributed by atoms with Gasteiger partial charge in [0.25, 0.3) is 0 Å². The highest BCUT2D eigenvalue weighted by Crippen LogP contribution is 2.21. The maximum atomic E-state index is 11.7. The predicted octanol–water partition coefficient (Wildman–Crippen LogP) is 0.961. The number of aliphatic hydroxyl groups is 1. The molecule has 4 N–H and O–H groups in total. The number of carboxylic acid groups (broad SMARTS) is 1. The van der Waals surface area contributed by atoms with Gasteiger partial charge in [-0.2, -0.15) is 0 Å². The molecule has 0 radical (unpaired) electrons. The van der Waals surface area contributed by atoms with Gasteiger partial charge in [0.15, 0.2) is 0 Å². The molecule has 0 aliphatic heterocycles. The summed E-state index contributed by atoms with van der Waals surface area (Å²) in [5.74, 6) is -0.500. The molecule has 0 bridgehead atoms. The number of benzene rings is 1. The highest BCUT2D eigenvalue weighted by Gasteiger charge is 2.19. The molecule has 1 aromatic rings. The maximum Gasteiger partial charge on any atom is 0.326 e. The molecule has 0 unspecified atom stereocenters. The SMILES string of the molecule is COc1ccc(NC(=O)N[C@@H](CCO)C(=O)O)cc1C. The van der Waals surface area contributed by atoms with Crippen molar-refractivity contribution in [2.75, 3.05) is 19.0 Å². The first-order valence-electron chi connectivity index (χ1n) is 6.03. The molecule has 0 aliphatic carbocycles. The fraction of sp³-hybridized carbons (Fsp3) is 0.385. The zero-order valence-electron chi connectivity index (χ0n) is 11.3. The molecule has 0 saturated carbocycles. The predicted molar refractivity (Wildman–Crippen MR) is 73.0 cm³/mol. The Balaban J connectivity index is 2.66. The number of anilines is 1.